The van der Waals surface area contributed by atoms with Crippen molar-refractivity contribution in [1.82, 2.24) is 9.29 Å². The highest BCUT2D eigenvalue weighted by Gasteiger charge is 2.33. The summed E-state index contributed by atoms with van der Waals surface area (Å²) in [5.74, 6) is 2.17. The second-order valence-corrected chi connectivity index (χ2v) is 9.18. The molecule has 29 heavy (non-hydrogen) atoms. The molecule has 8 heteroatoms. The highest BCUT2D eigenvalue weighted by molar-refractivity contribution is 7.89. The Kier molecular flexibility index (Phi) is 4.33. The van der Waals surface area contributed by atoms with Crippen molar-refractivity contribution in [3.05, 3.63) is 60.2 Å². The van der Waals surface area contributed by atoms with Gasteiger partial charge in [0.2, 0.25) is 16.8 Å². The topological polar surface area (TPSA) is 81.9 Å². The first-order valence-corrected chi connectivity index (χ1v) is 10.9. The lowest BCUT2D eigenvalue weighted by Gasteiger charge is -2.17. The zero-order valence-corrected chi connectivity index (χ0v) is 16.7. The first kappa shape index (κ1) is 18.2. The van der Waals surface area contributed by atoms with Crippen LogP contribution in [0.2, 0.25) is 0 Å². The number of ether oxygens (including phenoxy) is 2. The molecule has 0 bridgehead atoms. The van der Waals surface area contributed by atoms with Gasteiger partial charge in [-0.2, -0.15) is 4.31 Å². The fourth-order valence-electron chi connectivity index (χ4n) is 3.83. The summed E-state index contributed by atoms with van der Waals surface area (Å²) in [5, 5.41) is 0. The standard InChI is InChI=1S/C21H20N2O5S/c1-14-22-19(12-26-14)15-2-5-18(6-3-15)29(24,25)23-9-8-17(11-23)16-4-7-20-21(10-16)28-13-27-20/h2-7,10,12,17H,8-9,11,13H2,1H3. The second kappa shape index (κ2) is 6.89. The van der Waals surface area contributed by atoms with Gasteiger partial charge in [-0.05, 0) is 42.2 Å². The maximum Gasteiger partial charge on any atom is 0.243 e. The van der Waals surface area contributed by atoms with Gasteiger partial charge in [0, 0.05) is 25.6 Å². The number of oxazole rings is 1. The number of aromatic nitrogens is 1. The van der Waals surface area contributed by atoms with E-state index >= 15 is 0 Å². The zero-order chi connectivity index (χ0) is 20.0. The van der Waals surface area contributed by atoms with E-state index in [0.29, 0.717) is 24.7 Å². The summed E-state index contributed by atoms with van der Waals surface area (Å²) in [6.45, 7) is 2.94. The summed E-state index contributed by atoms with van der Waals surface area (Å²) in [6, 6.07) is 12.6. The number of nitrogens with zero attached hydrogens (tertiary/aromatic N) is 2. The van der Waals surface area contributed by atoms with Gasteiger partial charge in [-0.25, -0.2) is 13.4 Å². The van der Waals surface area contributed by atoms with Crippen LogP contribution in [0, 0.1) is 6.92 Å². The minimum atomic E-state index is -3.55. The van der Waals surface area contributed by atoms with Gasteiger partial charge in [-0.1, -0.05) is 18.2 Å². The van der Waals surface area contributed by atoms with Crippen LogP contribution in [0.25, 0.3) is 11.3 Å². The average molecular weight is 412 g/mol. The lowest BCUT2D eigenvalue weighted by molar-refractivity contribution is 0.174. The third kappa shape index (κ3) is 3.28. The van der Waals surface area contributed by atoms with Crippen LogP contribution in [0.1, 0.15) is 23.8 Å². The molecule has 2 aliphatic heterocycles. The van der Waals surface area contributed by atoms with E-state index in [1.54, 1.807) is 41.8 Å². The maximum atomic E-state index is 13.1. The van der Waals surface area contributed by atoms with Crippen LogP contribution in [-0.4, -0.2) is 37.6 Å². The van der Waals surface area contributed by atoms with Crippen LogP contribution in [-0.2, 0) is 10.0 Å². The van der Waals surface area contributed by atoms with Crippen LogP contribution < -0.4 is 9.47 Å². The number of fused-ring (bicyclic) bond motifs is 1. The molecule has 0 aliphatic carbocycles. The Bertz CT molecular complexity index is 1150. The lowest BCUT2D eigenvalue weighted by Crippen LogP contribution is -2.28. The molecule has 1 aromatic heterocycles. The molecule has 1 atom stereocenters. The van der Waals surface area contributed by atoms with E-state index in [0.717, 1.165) is 29.0 Å². The highest BCUT2D eigenvalue weighted by Crippen LogP contribution is 2.38. The number of sulfonamides is 1. The number of benzene rings is 2. The Labute approximate surface area is 168 Å². The molecule has 0 amide bonds. The molecule has 0 N–H and O–H groups in total. The molecule has 1 unspecified atom stereocenters. The summed E-state index contributed by atoms with van der Waals surface area (Å²) in [4.78, 5) is 4.56. The zero-order valence-electron chi connectivity index (χ0n) is 15.9. The van der Waals surface area contributed by atoms with E-state index in [2.05, 4.69) is 4.98 Å². The van der Waals surface area contributed by atoms with E-state index in [9.17, 15) is 8.42 Å². The highest BCUT2D eigenvalue weighted by atomic mass is 32.2. The summed E-state index contributed by atoms with van der Waals surface area (Å²) >= 11 is 0. The molecule has 2 aromatic carbocycles. The van der Waals surface area contributed by atoms with Gasteiger partial charge < -0.3 is 13.9 Å². The van der Waals surface area contributed by atoms with Crippen molar-refractivity contribution in [2.75, 3.05) is 19.9 Å². The molecular formula is C21H20N2O5S. The molecule has 3 heterocycles. The van der Waals surface area contributed by atoms with Crippen LogP contribution in [0.15, 0.2) is 58.0 Å². The molecule has 3 aromatic rings. The van der Waals surface area contributed by atoms with Gasteiger partial charge in [0.1, 0.15) is 12.0 Å². The van der Waals surface area contributed by atoms with Crippen LogP contribution in [0.5, 0.6) is 11.5 Å². The van der Waals surface area contributed by atoms with Crippen molar-refractivity contribution in [3.8, 4) is 22.8 Å². The maximum absolute atomic E-state index is 13.1. The number of hydrogen-bond acceptors (Lipinski definition) is 6. The smallest absolute Gasteiger partial charge is 0.243 e. The van der Waals surface area contributed by atoms with E-state index in [1.165, 1.54) is 0 Å². The Morgan fingerprint density at radius 1 is 1.07 bits per heavy atom. The first-order chi connectivity index (χ1) is 14.0. The van der Waals surface area contributed by atoms with Gasteiger partial charge >= 0.3 is 0 Å². The predicted octanol–water partition coefficient (Wildman–Crippen LogP) is 3.56. The SMILES string of the molecule is Cc1nc(-c2ccc(S(=O)(=O)N3CCC(c4ccc5c(c4)OCO5)C3)cc2)co1. The van der Waals surface area contributed by atoms with Gasteiger partial charge in [-0.3, -0.25) is 0 Å². The van der Waals surface area contributed by atoms with E-state index in [-0.39, 0.29) is 17.6 Å². The number of rotatable bonds is 4. The summed E-state index contributed by atoms with van der Waals surface area (Å²) in [6.07, 6.45) is 2.34. The predicted molar refractivity (Wildman–Crippen MR) is 105 cm³/mol. The molecule has 1 fully saturated rings. The van der Waals surface area contributed by atoms with E-state index in [4.69, 9.17) is 13.9 Å². The summed E-state index contributed by atoms with van der Waals surface area (Å²) < 4.78 is 43.8. The Hall–Kier alpha value is -2.84. The van der Waals surface area contributed by atoms with Crippen molar-refractivity contribution in [3.63, 3.8) is 0 Å². The fourth-order valence-corrected chi connectivity index (χ4v) is 5.33. The van der Waals surface area contributed by atoms with Crippen LogP contribution >= 0.6 is 0 Å². The molecule has 7 nitrogen and oxygen atoms in total. The van der Waals surface area contributed by atoms with Crippen molar-refractivity contribution >= 4 is 10.0 Å². The van der Waals surface area contributed by atoms with Crippen molar-refractivity contribution in [2.45, 2.75) is 24.2 Å². The minimum Gasteiger partial charge on any atom is -0.454 e. The van der Waals surface area contributed by atoms with Crippen molar-refractivity contribution in [2.24, 2.45) is 0 Å². The van der Waals surface area contributed by atoms with E-state index in [1.807, 2.05) is 18.2 Å². The number of aryl methyl sites for hydroxylation is 1. The summed E-state index contributed by atoms with van der Waals surface area (Å²) in [5.41, 5.74) is 2.58. The van der Waals surface area contributed by atoms with E-state index < -0.39 is 10.0 Å². The van der Waals surface area contributed by atoms with Gasteiger partial charge in [-0.15, -0.1) is 0 Å². The quantitative estimate of drug-likeness (QED) is 0.652. The van der Waals surface area contributed by atoms with Gasteiger partial charge in [0.15, 0.2) is 17.4 Å². The Morgan fingerprint density at radius 3 is 2.62 bits per heavy atom. The fraction of sp³-hybridized carbons (Fsp3) is 0.286. The first-order valence-electron chi connectivity index (χ1n) is 9.43. The lowest BCUT2D eigenvalue weighted by atomic mass is 9.98. The van der Waals surface area contributed by atoms with Crippen molar-refractivity contribution in [1.29, 1.82) is 0 Å². The Balaban J connectivity index is 1.34. The van der Waals surface area contributed by atoms with Gasteiger partial charge in [0.25, 0.3) is 0 Å². The third-order valence-corrected chi connectivity index (χ3v) is 7.31. The largest absolute Gasteiger partial charge is 0.454 e. The molecule has 5 rings (SSSR count). The van der Waals surface area contributed by atoms with Crippen molar-refractivity contribution < 1.29 is 22.3 Å². The minimum absolute atomic E-state index is 0.136. The second-order valence-electron chi connectivity index (χ2n) is 7.24. The van der Waals surface area contributed by atoms with Crippen LogP contribution in [0.4, 0.5) is 0 Å². The van der Waals surface area contributed by atoms with Gasteiger partial charge in [0.05, 0.1) is 4.90 Å². The van der Waals surface area contributed by atoms with Crippen LogP contribution in [0.3, 0.4) is 0 Å². The normalized spacial score (nSPS) is 19.0. The molecule has 0 radical (unpaired) electrons. The monoisotopic (exact) mass is 412 g/mol. The molecule has 150 valence electrons. The molecule has 0 spiro atoms. The Morgan fingerprint density at radius 2 is 1.86 bits per heavy atom. The average Bonchev–Trinajstić information content (AvgIpc) is 3.48. The molecule has 2 aliphatic rings. The number of hydrogen-bond donors (Lipinski definition) is 0. The third-order valence-electron chi connectivity index (χ3n) is 5.43. The molecule has 1 saturated heterocycles. The molecular weight excluding hydrogens is 392 g/mol. The molecule has 0 saturated carbocycles. The summed E-state index contributed by atoms with van der Waals surface area (Å²) in [7, 11) is -3.55.